The second-order valence-corrected chi connectivity index (χ2v) is 5.94. The van der Waals surface area contributed by atoms with Crippen LogP contribution in [0.2, 0.25) is 0 Å². The van der Waals surface area contributed by atoms with E-state index >= 15 is 0 Å². The molecule has 23 heavy (non-hydrogen) atoms. The van der Waals surface area contributed by atoms with Crippen LogP contribution in [0.4, 0.5) is 5.69 Å². The van der Waals surface area contributed by atoms with Gasteiger partial charge in [-0.15, -0.1) is 0 Å². The molecule has 2 rings (SSSR count). The summed E-state index contributed by atoms with van der Waals surface area (Å²) in [4.78, 5) is 12.7. The molecule has 1 fully saturated rings. The highest BCUT2D eigenvalue weighted by Gasteiger charge is 2.48. The molecule has 1 aliphatic carbocycles. The minimum absolute atomic E-state index is 0.194. The zero-order valence-corrected chi connectivity index (χ0v) is 14.0. The van der Waals surface area contributed by atoms with Crippen LogP contribution in [-0.4, -0.2) is 24.7 Å². The summed E-state index contributed by atoms with van der Waals surface area (Å²) in [5, 5.41) is 12.2. The first-order valence-electron chi connectivity index (χ1n) is 8.17. The SMILES string of the molecule is CCCOc1ccc(NC(=O)[C@](C)(OCC)C2CC2)c(C#N)c1. The van der Waals surface area contributed by atoms with Gasteiger partial charge in [-0.05, 0) is 57.2 Å². The third kappa shape index (κ3) is 4.02. The third-order valence-corrected chi connectivity index (χ3v) is 4.08. The van der Waals surface area contributed by atoms with Crippen LogP contribution in [0.5, 0.6) is 5.75 Å². The molecule has 5 heteroatoms. The molecule has 0 saturated heterocycles. The second-order valence-electron chi connectivity index (χ2n) is 5.94. The van der Waals surface area contributed by atoms with Gasteiger partial charge in [0.15, 0.2) is 0 Å². The fourth-order valence-corrected chi connectivity index (χ4v) is 2.58. The smallest absolute Gasteiger partial charge is 0.256 e. The zero-order valence-electron chi connectivity index (χ0n) is 14.0. The first-order valence-corrected chi connectivity index (χ1v) is 8.17. The lowest BCUT2D eigenvalue weighted by Crippen LogP contribution is -2.45. The van der Waals surface area contributed by atoms with Crippen LogP contribution in [0.1, 0.15) is 45.6 Å². The van der Waals surface area contributed by atoms with Crippen molar-refractivity contribution in [2.75, 3.05) is 18.5 Å². The van der Waals surface area contributed by atoms with E-state index in [0.29, 0.717) is 30.2 Å². The molecule has 0 bridgehead atoms. The molecular formula is C18H24N2O3. The van der Waals surface area contributed by atoms with Gasteiger partial charge < -0.3 is 14.8 Å². The molecule has 0 heterocycles. The number of nitrogens with zero attached hydrogens (tertiary/aromatic N) is 1. The van der Waals surface area contributed by atoms with Gasteiger partial charge in [0.2, 0.25) is 0 Å². The van der Waals surface area contributed by atoms with Crippen molar-refractivity contribution >= 4 is 11.6 Å². The number of rotatable bonds is 8. The van der Waals surface area contributed by atoms with E-state index in [9.17, 15) is 10.1 Å². The van der Waals surface area contributed by atoms with Crippen molar-refractivity contribution in [1.82, 2.24) is 0 Å². The summed E-state index contributed by atoms with van der Waals surface area (Å²) >= 11 is 0. The summed E-state index contributed by atoms with van der Waals surface area (Å²) in [6.45, 7) is 6.81. The molecule has 1 N–H and O–H groups in total. The normalized spacial score (nSPS) is 16.3. The van der Waals surface area contributed by atoms with E-state index < -0.39 is 5.60 Å². The van der Waals surface area contributed by atoms with Crippen LogP contribution in [0, 0.1) is 17.2 Å². The maximum absolute atomic E-state index is 12.7. The Morgan fingerprint density at radius 1 is 1.43 bits per heavy atom. The van der Waals surface area contributed by atoms with Crippen molar-refractivity contribution in [1.29, 1.82) is 5.26 Å². The monoisotopic (exact) mass is 316 g/mol. The van der Waals surface area contributed by atoms with E-state index in [0.717, 1.165) is 19.3 Å². The molecule has 5 nitrogen and oxygen atoms in total. The van der Waals surface area contributed by atoms with Gasteiger partial charge in [-0.25, -0.2) is 0 Å². The first kappa shape index (κ1) is 17.3. The molecule has 0 spiro atoms. The van der Waals surface area contributed by atoms with Crippen molar-refractivity contribution in [3.8, 4) is 11.8 Å². The van der Waals surface area contributed by atoms with Crippen LogP contribution in [-0.2, 0) is 9.53 Å². The number of nitriles is 1. The van der Waals surface area contributed by atoms with Gasteiger partial charge in [0.05, 0.1) is 17.9 Å². The van der Waals surface area contributed by atoms with E-state index in [1.54, 1.807) is 18.2 Å². The molecular weight excluding hydrogens is 292 g/mol. The molecule has 1 aromatic rings. The van der Waals surface area contributed by atoms with Crippen LogP contribution in [0.25, 0.3) is 0 Å². The standard InChI is InChI=1S/C18H24N2O3/c1-4-10-22-15-8-9-16(13(11-15)12-19)20-17(21)18(3,23-5-2)14-6-7-14/h8-9,11,14H,4-7,10H2,1-3H3,(H,20,21)/t18-/m1/s1. The molecule has 124 valence electrons. The number of ether oxygens (including phenoxy) is 2. The van der Waals surface area contributed by atoms with Gasteiger partial charge in [0.25, 0.3) is 5.91 Å². The van der Waals surface area contributed by atoms with Crippen molar-refractivity contribution in [3.63, 3.8) is 0 Å². The van der Waals surface area contributed by atoms with Gasteiger partial charge in [0, 0.05) is 6.61 Å². The molecule has 0 unspecified atom stereocenters. The lowest BCUT2D eigenvalue weighted by atomic mass is 9.98. The van der Waals surface area contributed by atoms with E-state index in [2.05, 4.69) is 11.4 Å². The summed E-state index contributed by atoms with van der Waals surface area (Å²) in [6.07, 6.45) is 2.89. The van der Waals surface area contributed by atoms with Gasteiger partial charge >= 0.3 is 0 Å². The van der Waals surface area contributed by atoms with E-state index in [1.165, 1.54) is 0 Å². The molecule has 1 aliphatic rings. The Hall–Kier alpha value is -2.06. The number of benzene rings is 1. The van der Waals surface area contributed by atoms with Gasteiger partial charge in [-0.3, -0.25) is 4.79 Å². The first-order chi connectivity index (χ1) is 11.0. The zero-order chi connectivity index (χ0) is 16.9. The molecule has 1 saturated carbocycles. The van der Waals surface area contributed by atoms with E-state index in [1.807, 2.05) is 20.8 Å². The fraction of sp³-hybridized carbons (Fsp3) is 0.556. The number of nitrogens with one attached hydrogen (secondary N) is 1. The van der Waals surface area contributed by atoms with Crippen molar-refractivity contribution in [2.24, 2.45) is 5.92 Å². The van der Waals surface area contributed by atoms with E-state index in [4.69, 9.17) is 9.47 Å². The minimum Gasteiger partial charge on any atom is -0.494 e. The Labute approximate surface area is 137 Å². The van der Waals surface area contributed by atoms with Gasteiger partial charge in [0.1, 0.15) is 17.4 Å². The Morgan fingerprint density at radius 2 is 2.17 bits per heavy atom. The number of hydrogen-bond donors (Lipinski definition) is 1. The summed E-state index contributed by atoms with van der Waals surface area (Å²) in [5.41, 5.74) is 0.0494. The highest BCUT2D eigenvalue weighted by molar-refractivity contribution is 5.98. The minimum atomic E-state index is -0.834. The quantitative estimate of drug-likeness (QED) is 0.797. The highest BCUT2D eigenvalue weighted by atomic mass is 16.5. The van der Waals surface area contributed by atoms with Gasteiger partial charge in [-0.1, -0.05) is 6.92 Å². The topological polar surface area (TPSA) is 71.3 Å². The Kier molecular flexibility index (Phi) is 5.62. The molecule has 1 aromatic carbocycles. The van der Waals surface area contributed by atoms with Crippen molar-refractivity contribution in [2.45, 2.75) is 45.6 Å². The molecule has 1 atom stereocenters. The van der Waals surface area contributed by atoms with Gasteiger partial charge in [-0.2, -0.15) is 5.26 Å². The maximum Gasteiger partial charge on any atom is 0.256 e. The molecule has 1 amide bonds. The van der Waals surface area contributed by atoms with Crippen LogP contribution < -0.4 is 10.1 Å². The van der Waals surface area contributed by atoms with Crippen molar-refractivity contribution < 1.29 is 14.3 Å². The Morgan fingerprint density at radius 3 is 2.74 bits per heavy atom. The Balaban J connectivity index is 2.15. The average Bonchev–Trinajstić information content (AvgIpc) is 3.39. The lowest BCUT2D eigenvalue weighted by Gasteiger charge is -2.28. The highest BCUT2D eigenvalue weighted by Crippen LogP contribution is 2.42. The summed E-state index contributed by atoms with van der Waals surface area (Å²) < 4.78 is 11.2. The fourth-order valence-electron chi connectivity index (χ4n) is 2.58. The lowest BCUT2D eigenvalue weighted by molar-refractivity contribution is -0.141. The number of carbonyl (C=O) groups is 1. The number of anilines is 1. The maximum atomic E-state index is 12.7. The number of carbonyl (C=O) groups excluding carboxylic acids is 1. The van der Waals surface area contributed by atoms with Crippen molar-refractivity contribution in [3.05, 3.63) is 23.8 Å². The predicted octanol–water partition coefficient (Wildman–Crippen LogP) is 3.49. The summed E-state index contributed by atoms with van der Waals surface area (Å²) in [6, 6.07) is 7.24. The van der Waals surface area contributed by atoms with E-state index in [-0.39, 0.29) is 11.8 Å². The average molecular weight is 316 g/mol. The molecule has 0 aliphatic heterocycles. The third-order valence-electron chi connectivity index (χ3n) is 4.08. The van der Waals surface area contributed by atoms with Crippen LogP contribution >= 0.6 is 0 Å². The van der Waals surface area contributed by atoms with Crippen LogP contribution in [0.3, 0.4) is 0 Å². The summed E-state index contributed by atoms with van der Waals surface area (Å²) in [7, 11) is 0. The molecule has 0 radical (unpaired) electrons. The molecule has 0 aromatic heterocycles. The Bertz CT molecular complexity index is 605. The summed E-state index contributed by atoms with van der Waals surface area (Å²) in [5.74, 6) is 0.692. The second kappa shape index (κ2) is 7.47. The predicted molar refractivity (Wildman–Crippen MR) is 88.3 cm³/mol. The number of hydrogen-bond acceptors (Lipinski definition) is 4. The van der Waals surface area contributed by atoms with Crippen LogP contribution in [0.15, 0.2) is 18.2 Å². The number of amides is 1. The largest absolute Gasteiger partial charge is 0.494 e.